The lowest BCUT2D eigenvalue weighted by atomic mass is 9.58. The molecule has 4 aliphatic rings. The number of hydrazone groups is 1. The fourth-order valence-corrected chi connectivity index (χ4v) is 5.49. The van der Waals surface area contributed by atoms with Crippen LogP contribution in [0.2, 0.25) is 10.0 Å². The number of amides is 1. The Morgan fingerprint density at radius 3 is 2.27 bits per heavy atom. The Morgan fingerprint density at radius 2 is 1.63 bits per heavy atom. The van der Waals surface area contributed by atoms with Gasteiger partial charge in [-0.2, -0.15) is 9.78 Å². The maximum Gasteiger partial charge on any atom is 0.349 e. The minimum Gasteiger partial charge on any atom is -0.438 e. The average Bonchev–Trinajstić information content (AvgIpc) is 2.72. The summed E-state index contributed by atoms with van der Waals surface area (Å²) in [6, 6.07) is 2.92. The number of H-pyrrole nitrogens is 1. The Hall–Kier alpha value is -2.65. The summed E-state index contributed by atoms with van der Waals surface area (Å²) < 4.78 is 7.00. The molecule has 2 aromatic rings. The molecule has 1 amide bonds. The molecule has 2 heterocycles. The highest BCUT2D eigenvalue weighted by atomic mass is 35.5. The van der Waals surface area contributed by atoms with Crippen LogP contribution in [-0.4, -0.2) is 26.6 Å². The Balaban J connectivity index is 1.49. The number of nitrogens with zero attached hydrogens (tertiary/aromatic N) is 3. The fraction of sp³-hybridized carbons (Fsp3) is 0.421. The lowest BCUT2D eigenvalue weighted by Gasteiger charge is -2.48. The van der Waals surface area contributed by atoms with Crippen molar-refractivity contribution >= 4 is 35.0 Å². The number of hydrogen-bond acceptors (Lipinski definition) is 6. The summed E-state index contributed by atoms with van der Waals surface area (Å²) in [7, 11) is 0. The second-order valence-electron chi connectivity index (χ2n) is 7.84. The van der Waals surface area contributed by atoms with Crippen LogP contribution in [0.4, 0.5) is 0 Å². The SMILES string of the molecule is O=C1NN=C(Oc2c(Cl)cc(-n3ncc(=O)[nH]c3=O)cc2Cl)C2C3CCC(CC3)C12. The topological polar surface area (TPSA) is 118 Å². The number of aromatic nitrogens is 3. The van der Waals surface area contributed by atoms with Gasteiger partial charge in [0.05, 0.1) is 27.6 Å². The molecule has 6 rings (SSSR count). The molecule has 1 aliphatic heterocycles. The normalized spacial score (nSPS) is 27.3. The van der Waals surface area contributed by atoms with Crippen molar-refractivity contribution in [3.05, 3.63) is 49.2 Å². The van der Waals surface area contributed by atoms with Crippen molar-refractivity contribution < 1.29 is 9.53 Å². The van der Waals surface area contributed by atoms with Crippen LogP contribution in [0.25, 0.3) is 5.69 Å². The van der Waals surface area contributed by atoms with Gasteiger partial charge in [-0.3, -0.25) is 14.6 Å². The number of halogens is 2. The number of aromatic amines is 1. The molecular formula is C19H17Cl2N5O4. The third-order valence-electron chi connectivity index (χ3n) is 6.23. The third-order valence-corrected chi connectivity index (χ3v) is 6.79. The molecule has 2 N–H and O–H groups in total. The largest absolute Gasteiger partial charge is 0.438 e. The summed E-state index contributed by atoms with van der Waals surface area (Å²) in [5, 5.41) is 8.26. The maximum absolute atomic E-state index is 12.4. The molecule has 30 heavy (non-hydrogen) atoms. The zero-order valence-corrected chi connectivity index (χ0v) is 17.1. The first-order chi connectivity index (χ1) is 14.4. The number of nitrogens with one attached hydrogen (secondary N) is 2. The molecule has 3 fully saturated rings. The Kier molecular flexibility index (Phi) is 4.67. The highest BCUT2D eigenvalue weighted by Gasteiger charge is 2.52. The minimum atomic E-state index is -0.719. The lowest BCUT2D eigenvalue weighted by Crippen LogP contribution is -2.54. The highest BCUT2D eigenvalue weighted by molar-refractivity contribution is 6.37. The van der Waals surface area contributed by atoms with Crippen molar-refractivity contribution in [2.24, 2.45) is 28.8 Å². The van der Waals surface area contributed by atoms with Crippen molar-refractivity contribution in [1.82, 2.24) is 20.2 Å². The van der Waals surface area contributed by atoms with Crippen molar-refractivity contribution in [1.29, 1.82) is 0 Å². The second kappa shape index (κ2) is 7.24. The molecular weight excluding hydrogens is 433 g/mol. The van der Waals surface area contributed by atoms with E-state index in [4.69, 9.17) is 27.9 Å². The standard InChI is InChI=1S/C19H17Cl2N5O4/c20-11-5-10(26-19(29)23-13(27)7-22-26)6-12(21)16(11)30-18-15-9-3-1-8(2-4-9)14(15)17(28)24-25-18/h5-9,14-15H,1-4H2,(H,24,28)(H,23,27,29). The first-order valence-corrected chi connectivity index (χ1v) is 10.4. The maximum atomic E-state index is 12.4. The van der Waals surface area contributed by atoms with Crippen LogP contribution in [0.3, 0.4) is 0 Å². The van der Waals surface area contributed by atoms with Crippen LogP contribution >= 0.6 is 23.2 Å². The summed E-state index contributed by atoms with van der Waals surface area (Å²) in [5.41, 5.74) is 1.52. The van der Waals surface area contributed by atoms with Gasteiger partial charge >= 0.3 is 5.69 Å². The number of hydrogen-bond donors (Lipinski definition) is 2. The van der Waals surface area contributed by atoms with Crippen molar-refractivity contribution in [3.8, 4) is 11.4 Å². The summed E-state index contributed by atoms with van der Waals surface area (Å²) in [4.78, 5) is 37.8. The van der Waals surface area contributed by atoms with E-state index in [-0.39, 0.29) is 39.2 Å². The lowest BCUT2D eigenvalue weighted by molar-refractivity contribution is -0.133. The summed E-state index contributed by atoms with van der Waals surface area (Å²) in [5.74, 6) is 0.968. The first kappa shape index (κ1) is 19.3. The van der Waals surface area contributed by atoms with Gasteiger partial charge in [-0.15, -0.1) is 5.10 Å². The van der Waals surface area contributed by atoms with Crippen LogP contribution in [0.1, 0.15) is 25.7 Å². The predicted molar refractivity (Wildman–Crippen MR) is 109 cm³/mol. The van der Waals surface area contributed by atoms with Crippen LogP contribution in [0.15, 0.2) is 33.0 Å². The number of carbonyl (C=O) groups excluding carboxylic acids is 1. The number of ether oxygens (including phenoxy) is 1. The Labute approximate surface area is 180 Å². The Bertz CT molecular complexity index is 1160. The van der Waals surface area contributed by atoms with Gasteiger partial charge in [-0.25, -0.2) is 10.2 Å². The van der Waals surface area contributed by atoms with Crippen LogP contribution in [-0.2, 0) is 4.79 Å². The van der Waals surface area contributed by atoms with Crippen molar-refractivity contribution in [2.45, 2.75) is 25.7 Å². The van der Waals surface area contributed by atoms with E-state index in [0.29, 0.717) is 17.7 Å². The number of rotatable bonds is 2. The molecule has 0 radical (unpaired) electrons. The Morgan fingerprint density at radius 1 is 1.00 bits per heavy atom. The average molecular weight is 450 g/mol. The van der Waals surface area contributed by atoms with E-state index in [0.717, 1.165) is 36.6 Å². The third kappa shape index (κ3) is 3.13. The first-order valence-electron chi connectivity index (χ1n) is 9.65. The molecule has 2 bridgehead atoms. The quantitative estimate of drug-likeness (QED) is 0.727. The summed E-state index contributed by atoms with van der Waals surface area (Å²) in [6.45, 7) is 0. The van der Waals surface area contributed by atoms with E-state index in [9.17, 15) is 14.4 Å². The molecule has 1 aromatic heterocycles. The monoisotopic (exact) mass is 449 g/mol. The van der Waals surface area contributed by atoms with Crippen LogP contribution in [0.5, 0.6) is 5.75 Å². The minimum absolute atomic E-state index is 0.0576. The van der Waals surface area contributed by atoms with Gasteiger partial charge in [-0.05, 0) is 49.7 Å². The molecule has 11 heteroatoms. The van der Waals surface area contributed by atoms with E-state index in [2.05, 4.69) is 20.6 Å². The van der Waals surface area contributed by atoms with E-state index in [1.165, 1.54) is 12.1 Å². The molecule has 156 valence electrons. The van der Waals surface area contributed by atoms with Gasteiger partial charge in [0.2, 0.25) is 11.8 Å². The van der Waals surface area contributed by atoms with E-state index < -0.39 is 11.2 Å². The zero-order chi connectivity index (χ0) is 21.0. The molecule has 1 aromatic carbocycles. The van der Waals surface area contributed by atoms with E-state index >= 15 is 0 Å². The number of benzene rings is 1. The zero-order valence-electron chi connectivity index (χ0n) is 15.6. The number of carbonyl (C=O) groups is 1. The summed E-state index contributed by atoms with van der Waals surface area (Å²) in [6.07, 6.45) is 5.16. The van der Waals surface area contributed by atoms with Gasteiger partial charge in [0.1, 0.15) is 6.20 Å². The molecule has 9 nitrogen and oxygen atoms in total. The number of fused-ring (bicyclic) bond motifs is 2. The molecule has 3 aliphatic carbocycles. The molecule has 0 spiro atoms. The molecule has 0 saturated heterocycles. The predicted octanol–water partition coefficient (Wildman–Crippen LogP) is 2.10. The molecule has 2 unspecified atom stereocenters. The van der Waals surface area contributed by atoms with Gasteiger partial charge in [-0.1, -0.05) is 23.2 Å². The highest BCUT2D eigenvalue weighted by Crippen LogP contribution is 2.51. The molecule has 2 atom stereocenters. The van der Waals surface area contributed by atoms with Crippen LogP contribution < -0.4 is 21.4 Å². The van der Waals surface area contributed by atoms with E-state index in [1.54, 1.807) is 0 Å². The smallest absolute Gasteiger partial charge is 0.349 e. The van der Waals surface area contributed by atoms with Crippen molar-refractivity contribution in [3.63, 3.8) is 0 Å². The van der Waals surface area contributed by atoms with Gasteiger partial charge in [0.15, 0.2) is 5.75 Å². The van der Waals surface area contributed by atoms with Crippen LogP contribution in [0, 0.1) is 23.7 Å². The van der Waals surface area contributed by atoms with Gasteiger partial charge < -0.3 is 4.74 Å². The second-order valence-corrected chi connectivity index (χ2v) is 8.66. The molecule has 3 saturated carbocycles. The fourth-order valence-electron chi connectivity index (χ4n) is 4.94. The summed E-state index contributed by atoms with van der Waals surface area (Å²) >= 11 is 12.8. The van der Waals surface area contributed by atoms with Crippen molar-refractivity contribution in [2.75, 3.05) is 0 Å². The van der Waals surface area contributed by atoms with Gasteiger partial charge in [0.25, 0.3) is 5.56 Å². The van der Waals surface area contributed by atoms with E-state index in [1.807, 2.05) is 0 Å². The van der Waals surface area contributed by atoms with Gasteiger partial charge in [0, 0.05) is 0 Å².